The van der Waals surface area contributed by atoms with Gasteiger partial charge in [0.05, 0.1) is 6.04 Å². The largest absolute Gasteiger partial charge is 0.305 e. The Bertz CT molecular complexity index is 531. The highest BCUT2D eigenvalue weighted by Gasteiger charge is 2.22. The highest BCUT2D eigenvalue weighted by atomic mass is 32.1. The summed E-state index contributed by atoms with van der Waals surface area (Å²) in [6.07, 6.45) is 0.914. The smallest absolute Gasteiger partial charge is 0.131 e. The SMILES string of the molecule is CCCNC(c1ccc(C)s1)c1c(F)cccc1F. The van der Waals surface area contributed by atoms with Crippen LogP contribution in [0, 0.1) is 18.6 Å². The molecular weight excluding hydrogens is 264 g/mol. The van der Waals surface area contributed by atoms with E-state index in [4.69, 9.17) is 0 Å². The maximum atomic E-state index is 13.9. The van der Waals surface area contributed by atoms with Crippen molar-refractivity contribution in [2.75, 3.05) is 6.54 Å². The molecule has 1 aromatic carbocycles. The van der Waals surface area contributed by atoms with Crippen LogP contribution in [-0.4, -0.2) is 6.54 Å². The van der Waals surface area contributed by atoms with E-state index in [2.05, 4.69) is 5.32 Å². The van der Waals surface area contributed by atoms with Crippen LogP contribution < -0.4 is 5.32 Å². The van der Waals surface area contributed by atoms with Crippen LogP contribution in [0.5, 0.6) is 0 Å². The third kappa shape index (κ3) is 3.19. The lowest BCUT2D eigenvalue weighted by Gasteiger charge is -2.19. The van der Waals surface area contributed by atoms with E-state index >= 15 is 0 Å². The molecule has 0 aliphatic carbocycles. The second-order valence-electron chi connectivity index (χ2n) is 4.47. The van der Waals surface area contributed by atoms with Crippen LogP contribution in [0.2, 0.25) is 0 Å². The van der Waals surface area contributed by atoms with Gasteiger partial charge in [0.2, 0.25) is 0 Å². The highest BCUT2D eigenvalue weighted by Crippen LogP contribution is 2.31. The molecule has 0 spiro atoms. The number of thiophene rings is 1. The molecule has 1 atom stereocenters. The van der Waals surface area contributed by atoms with Crippen molar-refractivity contribution in [1.82, 2.24) is 5.32 Å². The molecular formula is C15H17F2NS. The molecule has 0 aliphatic rings. The predicted molar refractivity (Wildman–Crippen MR) is 75.6 cm³/mol. The van der Waals surface area contributed by atoms with Gasteiger partial charge in [0, 0.05) is 15.3 Å². The normalized spacial score (nSPS) is 12.6. The summed E-state index contributed by atoms with van der Waals surface area (Å²) in [6.45, 7) is 4.74. The van der Waals surface area contributed by atoms with Crippen LogP contribution in [0.4, 0.5) is 8.78 Å². The van der Waals surface area contributed by atoms with E-state index in [0.29, 0.717) is 0 Å². The molecule has 0 fully saturated rings. The number of halogens is 2. The predicted octanol–water partition coefficient (Wildman–Crippen LogP) is 4.42. The summed E-state index contributed by atoms with van der Waals surface area (Å²) < 4.78 is 27.9. The van der Waals surface area contributed by atoms with Crippen LogP contribution in [0.3, 0.4) is 0 Å². The fourth-order valence-electron chi connectivity index (χ4n) is 2.03. The van der Waals surface area contributed by atoms with Crippen LogP contribution in [0.25, 0.3) is 0 Å². The van der Waals surface area contributed by atoms with Crippen molar-refractivity contribution in [2.24, 2.45) is 0 Å². The van der Waals surface area contributed by atoms with E-state index in [9.17, 15) is 8.78 Å². The molecule has 1 N–H and O–H groups in total. The van der Waals surface area contributed by atoms with Crippen molar-refractivity contribution in [3.8, 4) is 0 Å². The van der Waals surface area contributed by atoms with Crippen LogP contribution >= 0.6 is 11.3 Å². The monoisotopic (exact) mass is 281 g/mol. The number of hydrogen-bond donors (Lipinski definition) is 1. The van der Waals surface area contributed by atoms with Gasteiger partial charge >= 0.3 is 0 Å². The van der Waals surface area contributed by atoms with Crippen molar-refractivity contribution >= 4 is 11.3 Å². The number of nitrogens with one attached hydrogen (secondary N) is 1. The first-order valence-corrected chi connectivity index (χ1v) is 7.18. The molecule has 0 aliphatic heterocycles. The fourth-order valence-corrected chi connectivity index (χ4v) is 2.99. The second kappa shape index (κ2) is 6.26. The van der Waals surface area contributed by atoms with Crippen molar-refractivity contribution in [3.63, 3.8) is 0 Å². The quantitative estimate of drug-likeness (QED) is 0.855. The molecule has 1 unspecified atom stereocenters. The molecule has 1 nitrogen and oxygen atoms in total. The summed E-state index contributed by atoms with van der Waals surface area (Å²) in [5.41, 5.74) is 0.109. The number of hydrogen-bond acceptors (Lipinski definition) is 2. The van der Waals surface area contributed by atoms with Crippen molar-refractivity contribution in [1.29, 1.82) is 0 Å². The van der Waals surface area contributed by atoms with Gasteiger partial charge in [-0.15, -0.1) is 11.3 Å². The number of aryl methyl sites for hydroxylation is 1. The second-order valence-corrected chi connectivity index (χ2v) is 5.79. The lowest BCUT2D eigenvalue weighted by Crippen LogP contribution is -2.24. The first-order valence-electron chi connectivity index (χ1n) is 6.37. The summed E-state index contributed by atoms with van der Waals surface area (Å²) >= 11 is 1.56. The van der Waals surface area contributed by atoms with Gasteiger partial charge in [0.1, 0.15) is 11.6 Å². The molecule has 0 saturated carbocycles. The van der Waals surface area contributed by atoms with Crippen LogP contribution in [0.1, 0.15) is 34.7 Å². The fraction of sp³-hybridized carbons (Fsp3) is 0.333. The number of benzene rings is 1. The van der Waals surface area contributed by atoms with E-state index < -0.39 is 17.7 Å². The molecule has 2 aromatic rings. The summed E-state index contributed by atoms with van der Waals surface area (Å²) in [6, 6.07) is 7.49. The van der Waals surface area contributed by atoms with Crippen molar-refractivity contribution in [2.45, 2.75) is 26.3 Å². The summed E-state index contributed by atoms with van der Waals surface area (Å²) in [5, 5.41) is 3.23. The molecule has 0 saturated heterocycles. The van der Waals surface area contributed by atoms with E-state index in [1.165, 1.54) is 18.2 Å². The zero-order chi connectivity index (χ0) is 13.8. The molecule has 2 rings (SSSR count). The molecule has 19 heavy (non-hydrogen) atoms. The van der Waals surface area contributed by atoms with E-state index in [-0.39, 0.29) is 5.56 Å². The third-order valence-corrected chi connectivity index (χ3v) is 4.00. The third-order valence-electron chi connectivity index (χ3n) is 2.93. The summed E-state index contributed by atoms with van der Waals surface area (Å²) in [7, 11) is 0. The Morgan fingerprint density at radius 2 is 1.84 bits per heavy atom. The van der Waals surface area contributed by atoms with Gasteiger partial charge in [-0.2, -0.15) is 0 Å². The molecule has 102 valence electrons. The molecule has 4 heteroatoms. The lowest BCUT2D eigenvalue weighted by molar-refractivity contribution is 0.506. The van der Waals surface area contributed by atoms with Gasteiger partial charge in [-0.25, -0.2) is 8.78 Å². The minimum Gasteiger partial charge on any atom is -0.305 e. The van der Waals surface area contributed by atoms with Gasteiger partial charge < -0.3 is 5.32 Å². The molecule has 0 bridgehead atoms. The zero-order valence-electron chi connectivity index (χ0n) is 11.0. The Labute approximate surface area is 116 Å². The topological polar surface area (TPSA) is 12.0 Å². The summed E-state index contributed by atoms with van der Waals surface area (Å²) in [5.74, 6) is -1.00. The van der Waals surface area contributed by atoms with E-state index in [1.54, 1.807) is 11.3 Å². The Morgan fingerprint density at radius 3 is 2.37 bits per heavy atom. The van der Waals surface area contributed by atoms with Crippen LogP contribution in [0.15, 0.2) is 30.3 Å². The van der Waals surface area contributed by atoms with E-state index in [1.807, 2.05) is 26.0 Å². The van der Waals surface area contributed by atoms with E-state index in [0.717, 1.165) is 22.7 Å². The van der Waals surface area contributed by atoms with Gasteiger partial charge in [0.15, 0.2) is 0 Å². The van der Waals surface area contributed by atoms with Crippen LogP contribution in [-0.2, 0) is 0 Å². The van der Waals surface area contributed by atoms with Crippen molar-refractivity contribution in [3.05, 3.63) is 57.3 Å². The lowest BCUT2D eigenvalue weighted by atomic mass is 10.0. The maximum Gasteiger partial charge on any atom is 0.131 e. The van der Waals surface area contributed by atoms with Gasteiger partial charge in [-0.1, -0.05) is 13.0 Å². The van der Waals surface area contributed by atoms with Crippen molar-refractivity contribution < 1.29 is 8.78 Å². The minimum absolute atomic E-state index is 0.109. The standard InChI is InChI=1S/C15H17F2NS/c1-3-9-18-15(13-8-7-10(2)19-13)14-11(16)5-4-6-12(14)17/h4-8,15,18H,3,9H2,1-2H3. The Hall–Kier alpha value is -1.26. The Morgan fingerprint density at radius 1 is 1.16 bits per heavy atom. The van der Waals surface area contributed by atoms with Gasteiger partial charge in [0.25, 0.3) is 0 Å². The minimum atomic E-state index is -0.500. The number of rotatable bonds is 5. The first-order chi connectivity index (χ1) is 9.13. The average Bonchev–Trinajstić information content (AvgIpc) is 2.79. The maximum absolute atomic E-state index is 13.9. The average molecular weight is 281 g/mol. The Balaban J connectivity index is 2.42. The zero-order valence-corrected chi connectivity index (χ0v) is 11.9. The summed E-state index contributed by atoms with van der Waals surface area (Å²) in [4.78, 5) is 2.07. The van der Waals surface area contributed by atoms with Gasteiger partial charge in [-0.05, 0) is 44.2 Å². The molecule has 1 heterocycles. The highest BCUT2D eigenvalue weighted by molar-refractivity contribution is 7.12. The first kappa shape index (κ1) is 14.2. The molecule has 0 amide bonds. The Kier molecular flexibility index (Phi) is 4.66. The molecule has 0 radical (unpaired) electrons. The van der Waals surface area contributed by atoms with Gasteiger partial charge in [-0.3, -0.25) is 0 Å². The molecule has 1 aromatic heterocycles.